The fourth-order valence-corrected chi connectivity index (χ4v) is 4.16. The Balaban J connectivity index is 2.24. The highest BCUT2D eigenvalue weighted by Gasteiger charge is 2.34. The number of amides is 2. The number of terminal acetylenes is 1. The van der Waals surface area contributed by atoms with Gasteiger partial charge in [-0.05, 0) is 67.4 Å². The molecule has 25 heavy (non-hydrogen) atoms. The van der Waals surface area contributed by atoms with Crippen molar-refractivity contribution in [1.82, 2.24) is 4.90 Å². The summed E-state index contributed by atoms with van der Waals surface area (Å²) < 4.78 is 11.0. The number of halogens is 2. The number of carbonyl (C=O) groups excluding carboxylic acids is 3. The molecule has 6 nitrogen and oxygen atoms in total. The molecule has 0 spiro atoms. The summed E-state index contributed by atoms with van der Waals surface area (Å²) in [5.74, 6) is 1.77. The molecule has 1 aliphatic rings. The zero-order valence-corrected chi connectivity index (χ0v) is 16.9. The Morgan fingerprint density at radius 2 is 2.00 bits per heavy atom. The van der Waals surface area contributed by atoms with Gasteiger partial charge < -0.3 is 9.47 Å². The van der Waals surface area contributed by atoms with Gasteiger partial charge in [-0.25, -0.2) is 4.79 Å². The van der Waals surface area contributed by atoms with Crippen LogP contribution < -0.4 is 4.74 Å². The van der Waals surface area contributed by atoms with Crippen molar-refractivity contribution < 1.29 is 23.9 Å². The van der Waals surface area contributed by atoms with Gasteiger partial charge in [-0.2, -0.15) is 0 Å². The van der Waals surface area contributed by atoms with Crippen LogP contribution in [0.1, 0.15) is 5.56 Å². The lowest BCUT2D eigenvalue weighted by Crippen LogP contribution is -2.28. The number of esters is 1. The predicted molar refractivity (Wildman–Crippen MR) is 101 cm³/mol. The normalized spacial score (nSPS) is 15.4. The van der Waals surface area contributed by atoms with Gasteiger partial charge in [0.1, 0.15) is 5.75 Å². The smallest absolute Gasteiger partial charge is 0.343 e. The average Bonchev–Trinajstić information content (AvgIpc) is 2.81. The first-order chi connectivity index (χ1) is 11.9. The number of ether oxygens (including phenoxy) is 2. The van der Waals surface area contributed by atoms with Crippen molar-refractivity contribution in [3.05, 3.63) is 31.5 Å². The molecule has 1 fully saturated rings. The first-order valence-corrected chi connectivity index (χ1v) is 9.15. The Kier molecular flexibility index (Phi) is 6.70. The van der Waals surface area contributed by atoms with Gasteiger partial charge in [0.05, 0.1) is 27.5 Å². The van der Waals surface area contributed by atoms with Crippen LogP contribution in [0.15, 0.2) is 26.0 Å². The van der Waals surface area contributed by atoms with E-state index < -0.39 is 17.1 Å². The van der Waals surface area contributed by atoms with E-state index in [1.807, 2.05) is 0 Å². The molecule has 0 aromatic heterocycles. The molecule has 130 valence electrons. The van der Waals surface area contributed by atoms with Crippen molar-refractivity contribution in [3.63, 3.8) is 0 Å². The van der Waals surface area contributed by atoms with E-state index in [2.05, 4.69) is 42.5 Å². The summed E-state index contributed by atoms with van der Waals surface area (Å²) in [6.45, 7) is -0.298. The van der Waals surface area contributed by atoms with Crippen LogP contribution in [0.25, 0.3) is 6.08 Å². The summed E-state index contributed by atoms with van der Waals surface area (Å²) in [6, 6.07) is 3.40. The van der Waals surface area contributed by atoms with E-state index in [1.165, 1.54) is 7.11 Å². The molecule has 0 atom stereocenters. The minimum absolute atomic E-state index is 0.0598. The van der Waals surface area contributed by atoms with Crippen molar-refractivity contribution in [1.29, 1.82) is 0 Å². The number of hydrogen-bond donors (Lipinski definition) is 0. The van der Waals surface area contributed by atoms with E-state index in [-0.39, 0.29) is 18.1 Å². The second-order valence-corrected chi connectivity index (χ2v) is 7.35. The quantitative estimate of drug-likeness (QED) is 0.359. The maximum atomic E-state index is 12.2. The van der Waals surface area contributed by atoms with Crippen LogP contribution in [0.5, 0.6) is 5.75 Å². The van der Waals surface area contributed by atoms with Gasteiger partial charge in [-0.3, -0.25) is 14.5 Å². The zero-order valence-electron chi connectivity index (χ0n) is 12.9. The number of rotatable bonds is 5. The van der Waals surface area contributed by atoms with Crippen LogP contribution in [-0.4, -0.2) is 42.3 Å². The molecule has 0 radical (unpaired) electrons. The van der Waals surface area contributed by atoms with Crippen LogP contribution in [0, 0.1) is 12.3 Å². The number of methoxy groups -OCH3 is 1. The van der Waals surface area contributed by atoms with Crippen LogP contribution in [0.2, 0.25) is 0 Å². The van der Waals surface area contributed by atoms with Crippen LogP contribution in [0.3, 0.4) is 0 Å². The fourth-order valence-electron chi connectivity index (χ4n) is 1.87. The Hall–Kier alpha value is -1.76. The fraction of sp³-hybridized carbons (Fsp3) is 0.188. The molecule has 2 rings (SSSR count). The summed E-state index contributed by atoms with van der Waals surface area (Å²) in [5.41, 5.74) is 0.662. The first kappa shape index (κ1) is 19.6. The molecule has 1 saturated heterocycles. The largest absolute Gasteiger partial charge is 0.480 e. The first-order valence-electron chi connectivity index (χ1n) is 6.75. The second kappa shape index (κ2) is 8.56. The van der Waals surface area contributed by atoms with Crippen LogP contribution in [0.4, 0.5) is 4.79 Å². The van der Waals surface area contributed by atoms with Crippen molar-refractivity contribution in [2.45, 2.75) is 0 Å². The van der Waals surface area contributed by atoms with E-state index in [9.17, 15) is 14.4 Å². The third-order valence-electron chi connectivity index (χ3n) is 3.00. The maximum absolute atomic E-state index is 12.2. The van der Waals surface area contributed by atoms with Crippen molar-refractivity contribution >= 4 is 66.8 Å². The Bertz CT molecular complexity index is 792. The minimum atomic E-state index is -0.509. The van der Waals surface area contributed by atoms with E-state index in [0.717, 1.165) is 16.7 Å². The van der Waals surface area contributed by atoms with Gasteiger partial charge in [0.2, 0.25) is 0 Å². The van der Waals surface area contributed by atoms with Crippen LogP contribution in [-0.2, 0) is 14.3 Å². The lowest BCUT2D eigenvalue weighted by Gasteiger charge is -2.10. The van der Waals surface area contributed by atoms with E-state index in [1.54, 1.807) is 18.2 Å². The van der Waals surface area contributed by atoms with Crippen molar-refractivity contribution in [3.8, 4) is 18.1 Å². The number of benzene rings is 1. The Labute approximate surface area is 165 Å². The number of thioether (sulfide) groups is 1. The number of nitrogens with zero attached hydrogens (tertiary/aromatic N) is 1. The number of hydrogen-bond acceptors (Lipinski definition) is 6. The SMILES string of the molecule is C#CCN1C(=O)S/C(=C/c2cc(Br)c(OCC(=O)OC)c(Br)c2)C1=O. The standard InChI is InChI=1S/C16H11Br2NO5S/c1-3-4-19-15(21)12(25-16(19)22)7-9-5-10(17)14(11(18)6-9)24-8-13(20)23-2/h1,5-7H,4,8H2,2H3/b12-7+. The molecule has 1 aromatic rings. The Morgan fingerprint density at radius 3 is 2.56 bits per heavy atom. The highest BCUT2D eigenvalue weighted by atomic mass is 79.9. The molecular weight excluding hydrogens is 478 g/mol. The van der Waals surface area contributed by atoms with Gasteiger partial charge in [-0.15, -0.1) is 6.42 Å². The molecule has 0 bridgehead atoms. The maximum Gasteiger partial charge on any atom is 0.343 e. The monoisotopic (exact) mass is 487 g/mol. The molecule has 2 amide bonds. The summed E-state index contributed by atoms with van der Waals surface area (Å²) in [4.78, 5) is 36.4. The lowest BCUT2D eigenvalue weighted by atomic mass is 10.2. The van der Waals surface area contributed by atoms with Crippen LogP contribution >= 0.6 is 43.6 Å². The molecule has 1 aromatic carbocycles. The Morgan fingerprint density at radius 1 is 1.36 bits per heavy atom. The molecular formula is C16H11Br2NO5S. The highest BCUT2D eigenvalue weighted by molar-refractivity contribution is 9.11. The van der Waals surface area contributed by atoms with E-state index in [4.69, 9.17) is 11.2 Å². The average molecular weight is 489 g/mol. The minimum Gasteiger partial charge on any atom is -0.480 e. The third kappa shape index (κ3) is 4.66. The lowest BCUT2D eigenvalue weighted by molar-refractivity contribution is -0.143. The molecule has 0 saturated carbocycles. The van der Waals surface area contributed by atoms with E-state index >= 15 is 0 Å². The summed E-state index contributed by atoms with van der Waals surface area (Å²) in [7, 11) is 1.27. The van der Waals surface area contributed by atoms with Crippen molar-refractivity contribution in [2.24, 2.45) is 0 Å². The van der Waals surface area contributed by atoms with Gasteiger partial charge >= 0.3 is 5.97 Å². The molecule has 1 aliphatic heterocycles. The number of carbonyl (C=O) groups is 3. The summed E-state index contributed by atoms with van der Waals surface area (Å²) in [5, 5.41) is -0.398. The topological polar surface area (TPSA) is 72.9 Å². The zero-order chi connectivity index (χ0) is 18.6. The highest BCUT2D eigenvalue weighted by Crippen LogP contribution is 2.37. The van der Waals surface area contributed by atoms with Gasteiger partial charge in [0.15, 0.2) is 6.61 Å². The molecule has 0 N–H and O–H groups in total. The molecule has 0 unspecified atom stereocenters. The van der Waals surface area contributed by atoms with Gasteiger partial charge in [-0.1, -0.05) is 5.92 Å². The van der Waals surface area contributed by atoms with Gasteiger partial charge in [0.25, 0.3) is 11.1 Å². The van der Waals surface area contributed by atoms with E-state index in [0.29, 0.717) is 20.3 Å². The molecule has 0 aliphatic carbocycles. The molecule has 1 heterocycles. The summed E-state index contributed by atoms with van der Waals surface area (Å²) >= 11 is 7.53. The predicted octanol–water partition coefficient (Wildman–Crippen LogP) is 3.43. The summed E-state index contributed by atoms with van der Waals surface area (Å²) in [6.07, 6.45) is 6.75. The number of imide groups is 1. The van der Waals surface area contributed by atoms with Gasteiger partial charge in [0, 0.05) is 0 Å². The third-order valence-corrected chi connectivity index (χ3v) is 5.09. The second-order valence-electron chi connectivity index (χ2n) is 4.65. The van der Waals surface area contributed by atoms with Crippen molar-refractivity contribution in [2.75, 3.05) is 20.3 Å². The molecule has 9 heteroatoms.